The van der Waals surface area contributed by atoms with E-state index in [1.807, 2.05) is 30.6 Å². The summed E-state index contributed by atoms with van der Waals surface area (Å²) < 4.78 is 0. The second-order valence-electron chi connectivity index (χ2n) is 9.06. The standard InChI is InChI=1S/C29H36N2O2/c1-4-6-7-8-9-10-23-19-30-28(31-20-23)25-15-16-26(29(32)33)27(18-25)24-13-11-22(12-14-24)17-21(3)5-2/h11-16,18-21H,4-10,17H2,1-3H3,(H,32,33). The van der Waals surface area contributed by atoms with Crippen molar-refractivity contribution in [1.29, 1.82) is 0 Å². The number of carbonyl (C=O) groups is 1. The van der Waals surface area contributed by atoms with E-state index in [0.717, 1.165) is 42.4 Å². The fraction of sp³-hybridized carbons (Fsp3) is 0.414. The third-order valence-electron chi connectivity index (χ3n) is 6.33. The van der Waals surface area contributed by atoms with Crippen LogP contribution in [0.25, 0.3) is 22.5 Å². The molecule has 3 rings (SSSR count). The normalized spacial score (nSPS) is 12.0. The summed E-state index contributed by atoms with van der Waals surface area (Å²) in [5.74, 6) is 0.320. The molecule has 1 atom stereocenters. The number of hydrogen-bond acceptors (Lipinski definition) is 3. The fourth-order valence-electron chi connectivity index (χ4n) is 4.04. The first kappa shape index (κ1) is 24.6. The van der Waals surface area contributed by atoms with Gasteiger partial charge in [-0.1, -0.05) is 83.2 Å². The largest absolute Gasteiger partial charge is 0.478 e. The highest BCUT2D eigenvalue weighted by molar-refractivity contribution is 5.97. The van der Waals surface area contributed by atoms with E-state index in [1.54, 1.807) is 12.1 Å². The summed E-state index contributed by atoms with van der Waals surface area (Å²) in [5.41, 5.74) is 5.12. The first-order chi connectivity index (χ1) is 16.0. The molecule has 174 valence electrons. The molecule has 2 aromatic carbocycles. The SMILES string of the molecule is CCCCCCCc1cnc(-c2ccc(C(=O)O)c(-c3ccc(CC(C)CC)cc3)c2)nc1. The Morgan fingerprint density at radius 1 is 0.879 bits per heavy atom. The molecule has 0 aliphatic carbocycles. The number of carboxylic acid groups (broad SMARTS) is 1. The van der Waals surface area contributed by atoms with E-state index in [4.69, 9.17) is 0 Å². The van der Waals surface area contributed by atoms with E-state index in [2.05, 4.69) is 42.9 Å². The minimum Gasteiger partial charge on any atom is -0.478 e. The first-order valence-corrected chi connectivity index (χ1v) is 12.3. The minimum atomic E-state index is -0.931. The van der Waals surface area contributed by atoms with Crippen LogP contribution in [0.3, 0.4) is 0 Å². The minimum absolute atomic E-state index is 0.289. The monoisotopic (exact) mass is 444 g/mol. The van der Waals surface area contributed by atoms with Gasteiger partial charge in [0.05, 0.1) is 5.56 Å². The van der Waals surface area contributed by atoms with Gasteiger partial charge in [0.15, 0.2) is 5.82 Å². The maximum absolute atomic E-state index is 11.9. The number of nitrogens with zero attached hydrogens (tertiary/aromatic N) is 2. The number of aryl methyl sites for hydroxylation is 1. The van der Waals surface area contributed by atoms with Gasteiger partial charge in [0, 0.05) is 18.0 Å². The maximum atomic E-state index is 11.9. The Balaban J connectivity index is 1.79. The van der Waals surface area contributed by atoms with Gasteiger partial charge in [-0.25, -0.2) is 14.8 Å². The first-order valence-electron chi connectivity index (χ1n) is 12.3. The smallest absolute Gasteiger partial charge is 0.336 e. The lowest BCUT2D eigenvalue weighted by atomic mass is 9.94. The topological polar surface area (TPSA) is 63.1 Å². The summed E-state index contributed by atoms with van der Waals surface area (Å²) in [5, 5.41) is 9.74. The van der Waals surface area contributed by atoms with Gasteiger partial charge in [-0.15, -0.1) is 0 Å². The van der Waals surface area contributed by atoms with Crippen molar-refractivity contribution in [1.82, 2.24) is 9.97 Å². The van der Waals surface area contributed by atoms with Crippen molar-refractivity contribution in [2.75, 3.05) is 0 Å². The number of aromatic carboxylic acids is 1. The summed E-state index contributed by atoms with van der Waals surface area (Å²) in [4.78, 5) is 21.0. The van der Waals surface area contributed by atoms with E-state index >= 15 is 0 Å². The van der Waals surface area contributed by atoms with Crippen molar-refractivity contribution < 1.29 is 9.90 Å². The van der Waals surface area contributed by atoms with Crippen LogP contribution in [0.2, 0.25) is 0 Å². The zero-order valence-corrected chi connectivity index (χ0v) is 20.2. The summed E-state index contributed by atoms with van der Waals surface area (Å²) in [6, 6.07) is 13.6. The Morgan fingerprint density at radius 3 is 2.18 bits per heavy atom. The van der Waals surface area contributed by atoms with Gasteiger partial charge in [0.2, 0.25) is 0 Å². The molecular weight excluding hydrogens is 408 g/mol. The van der Waals surface area contributed by atoms with E-state index < -0.39 is 5.97 Å². The molecule has 4 nitrogen and oxygen atoms in total. The van der Waals surface area contributed by atoms with Crippen LogP contribution in [-0.4, -0.2) is 21.0 Å². The zero-order valence-electron chi connectivity index (χ0n) is 20.2. The highest BCUT2D eigenvalue weighted by atomic mass is 16.4. The summed E-state index contributed by atoms with van der Waals surface area (Å²) in [6.07, 6.45) is 13.2. The molecule has 33 heavy (non-hydrogen) atoms. The van der Waals surface area contributed by atoms with Gasteiger partial charge < -0.3 is 5.11 Å². The maximum Gasteiger partial charge on any atom is 0.336 e. The van der Waals surface area contributed by atoms with Crippen LogP contribution in [0.15, 0.2) is 54.9 Å². The Kier molecular flexibility index (Phi) is 9.17. The average Bonchev–Trinajstić information content (AvgIpc) is 2.84. The zero-order chi connectivity index (χ0) is 23.6. The molecule has 4 heteroatoms. The molecule has 0 spiro atoms. The average molecular weight is 445 g/mol. The number of aromatic nitrogens is 2. The number of carboxylic acids is 1. The van der Waals surface area contributed by atoms with Gasteiger partial charge in [-0.2, -0.15) is 0 Å². The van der Waals surface area contributed by atoms with Crippen LogP contribution in [0.4, 0.5) is 0 Å². The van der Waals surface area contributed by atoms with E-state index in [-0.39, 0.29) is 5.56 Å². The highest BCUT2D eigenvalue weighted by Crippen LogP contribution is 2.29. The second kappa shape index (κ2) is 12.3. The van der Waals surface area contributed by atoms with Crippen LogP contribution in [-0.2, 0) is 12.8 Å². The van der Waals surface area contributed by atoms with Crippen LogP contribution >= 0.6 is 0 Å². The second-order valence-corrected chi connectivity index (χ2v) is 9.06. The van der Waals surface area contributed by atoms with Crippen LogP contribution in [0.5, 0.6) is 0 Å². The van der Waals surface area contributed by atoms with Crippen molar-refractivity contribution in [2.45, 2.75) is 72.1 Å². The molecular formula is C29H36N2O2. The van der Waals surface area contributed by atoms with Gasteiger partial charge in [0.25, 0.3) is 0 Å². The summed E-state index contributed by atoms with van der Waals surface area (Å²) in [7, 11) is 0. The fourth-order valence-corrected chi connectivity index (χ4v) is 4.04. The molecule has 0 fully saturated rings. The molecule has 0 radical (unpaired) electrons. The number of benzene rings is 2. The molecule has 1 heterocycles. The predicted molar refractivity (Wildman–Crippen MR) is 135 cm³/mol. The third-order valence-corrected chi connectivity index (χ3v) is 6.33. The lowest BCUT2D eigenvalue weighted by Crippen LogP contribution is -2.01. The molecule has 0 aliphatic heterocycles. The predicted octanol–water partition coefficient (Wildman–Crippen LogP) is 7.61. The molecule has 1 N–H and O–H groups in total. The Labute approximate surface area is 198 Å². The van der Waals surface area contributed by atoms with Gasteiger partial charge in [-0.05, 0) is 59.6 Å². The molecule has 3 aromatic rings. The molecule has 0 amide bonds. The van der Waals surface area contributed by atoms with Crippen molar-refractivity contribution in [3.63, 3.8) is 0 Å². The lowest BCUT2D eigenvalue weighted by Gasteiger charge is -2.12. The molecule has 1 aromatic heterocycles. The van der Waals surface area contributed by atoms with Crippen molar-refractivity contribution in [2.24, 2.45) is 5.92 Å². The molecule has 0 aliphatic rings. The summed E-state index contributed by atoms with van der Waals surface area (Å²) >= 11 is 0. The van der Waals surface area contributed by atoms with E-state index in [0.29, 0.717) is 17.3 Å². The van der Waals surface area contributed by atoms with Crippen molar-refractivity contribution in [3.8, 4) is 22.5 Å². The Morgan fingerprint density at radius 2 is 1.55 bits per heavy atom. The van der Waals surface area contributed by atoms with Crippen LogP contribution < -0.4 is 0 Å². The van der Waals surface area contributed by atoms with Gasteiger partial charge in [0.1, 0.15) is 0 Å². The summed E-state index contributed by atoms with van der Waals surface area (Å²) in [6.45, 7) is 6.67. The van der Waals surface area contributed by atoms with E-state index in [1.165, 1.54) is 31.2 Å². The van der Waals surface area contributed by atoms with Crippen LogP contribution in [0, 0.1) is 5.92 Å². The Bertz CT molecular complexity index is 1030. The Hall–Kier alpha value is -3.01. The molecule has 0 bridgehead atoms. The van der Waals surface area contributed by atoms with Crippen LogP contribution in [0.1, 0.15) is 80.8 Å². The van der Waals surface area contributed by atoms with Crippen molar-refractivity contribution in [3.05, 3.63) is 71.5 Å². The quantitative estimate of drug-likeness (QED) is 0.292. The van der Waals surface area contributed by atoms with E-state index in [9.17, 15) is 9.90 Å². The van der Waals surface area contributed by atoms with Gasteiger partial charge in [-0.3, -0.25) is 0 Å². The highest BCUT2D eigenvalue weighted by Gasteiger charge is 2.14. The molecule has 0 saturated heterocycles. The van der Waals surface area contributed by atoms with Crippen molar-refractivity contribution >= 4 is 5.97 Å². The third kappa shape index (κ3) is 6.98. The molecule has 1 unspecified atom stereocenters. The number of rotatable bonds is 12. The number of unbranched alkanes of at least 4 members (excludes halogenated alkanes) is 4. The number of hydrogen-bond donors (Lipinski definition) is 1. The van der Waals surface area contributed by atoms with Gasteiger partial charge >= 0.3 is 5.97 Å². The lowest BCUT2D eigenvalue weighted by molar-refractivity contribution is 0.0697. The molecule has 0 saturated carbocycles.